The van der Waals surface area contributed by atoms with Crippen LogP contribution in [0, 0.1) is 5.92 Å². The zero-order valence-electron chi connectivity index (χ0n) is 19.5. The number of nitrogens with one attached hydrogen (secondary N) is 3. The van der Waals surface area contributed by atoms with Gasteiger partial charge in [-0.25, -0.2) is 4.79 Å². The second-order valence-corrected chi connectivity index (χ2v) is 8.80. The van der Waals surface area contributed by atoms with Gasteiger partial charge in [0.25, 0.3) is 0 Å². The molecule has 0 aliphatic carbocycles. The van der Waals surface area contributed by atoms with Crippen LogP contribution in [0.4, 0.5) is 0 Å². The molecule has 5 unspecified atom stereocenters. The van der Waals surface area contributed by atoms with Crippen LogP contribution >= 0.6 is 11.8 Å². The number of aliphatic carboxylic acids is 2. The van der Waals surface area contributed by atoms with E-state index in [-0.39, 0.29) is 18.8 Å². The van der Waals surface area contributed by atoms with Gasteiger partial charge < -0.3 is 37.6 Å². The average Bonchev–Trinajstić information content (AvgIpc) is 2.76. The third kappa shape index (κ3) is 11.8. The highest BCUT2D eigenvalue weighted by Crippen LogP contribution is 2.08. The summed E-state index contributed by atoms with van der Waals surface area (Å²) >= 11 is 1.37. The third-order valence-corrected chi connectivity index (χ3v) is 5.75. The van der Waals surface area contributed by atoms with E-state index in [0.717, 1.165) is 0 Å². The summed E-state index contributed by atoms with van der Waals surface area (Å²) in [4.78, 5) is 71.8. The normalized spacial score (nSPS) is 15.2. The lowest BCUT2D eigenvalue weighted by molar-refractivity contribution is -0.143. The van der Waals surface area contributed by atoms with Crippen LogP contribution in [-0.2, 0) is 28.8 Å². The second kappa shape index (κ2) is 15.9. The number of thioether (sulfide) groups is 1. The van der Waals surface area contributed by atoms with E-state index in [1.54, 1.807) is 13.2 Å². The molecule has 0 rings (SSSR count). The van der Waals surface area contributed by atoms with Crippen LogP contribution in [0.25, 0.3) is 0 Å². The van der Waals surface area contributed by atoms with Gasteiger partial charge in [-0.15, -0.1) is 0 Å². The summed E-state index contributed by atoms with van der Waals surface area (Å²) in [7, 11) is 0. The number of carbonyl (C=O) groups excluding carboxylic acids is 4. The summed E-state index contributed by atoms with van der Waals surface area (Å²) in [6.07, 6.45) is 0.994. The van der Waals surface area contributed by atoms with Crippen molar-refractivity contribution in [2.45, 2.75) is 70.1 Å². The summed E-state index contributed by atoms with van der Waals surface area (Å²) in [5.41, 5.74) is 11.0. The van der Waals surface area contributed by atoms with Gasteiger partial charge in [0, 0.05) is 6.42 Å². The van der Waals surface area contributed by atoms with Crippen LogP contribution in [0.5, 0.6) is 0 Å². The molecule has 0 aromatic rings. The summed E-state index contributed by atoms with van der Waals surface area (Å²) in [6, 6.07) is -5.12. The van der Waals surface area contributed by atoms with E-state index < -0.39 is 72.6 Å². The lowest BCUT2D eigenvalue weighted by Crippen LogP contribution is -2.58. The van der Waals surface area contributed by atoms with Gasteiger partial charge in [-0.3, -0.25) is 24.0 Å². The zero-order valence-corrected chi connectivity index (χ0v) is 20.4. The molecule has 0 aliphatic heterocycles. The fourth-order valence-electron chi connectivity index (χ4n) is 2.77. The number of carbonyl (C=O) groups is 6. The Hall–Kier alpha value is -2.87. The molecule has 0 spiro atoms. The Kier molecular flexibility index (Phi) is 14.5. The molecule has 4 amide bonds. The minimum absolute atomic E-state index is 0.107. The number of amides is 4. The van der Waals surface area contributed by atoms with Crippen LogP contribution in [-0.4, -0.2) is 82.0 Å². The van der Waals surface area contributed by atoms with Crippen LogP contribution in [0.15, 0.2) is 0 Å². The standard InChI is InChI=1S/C20H35N5O8S/c1-4-10(2)16(22)19(31)25-13(9-14(21)26)18(30)23-11(5-6-15(27)28)17(29)24-12(20(32)33)7-8-34-3/h10-13,16H,4-9,22H2,1-3H3,(H2,21,26)(H,23,30)(H,24,29)(H,25,31)(H,27,28)(H,32,33). The number of carboxylic acids is 2. The van der Waals surface area contributed by atoms with Crippen LogP contribution in [0.2, 0.25) is 0 Å². The van der Waals surface area contributed by atoms with Crippen molar-refractivity contribution < 1.29 is 39.0 Å². The Balaban J connectivity index is 5.59. The molecular formula is C20H35N5O8S. The van der Waals surface area contributed by atoms with Crippen molar-refractivity contribution in [1.82, 2.24) is 16.0 Å². The minimum atomic E-state index is -1.47. The monoisotopic (exact) mass is 505 g/mol. The van der Waals surface area contributed by atoms with Gasteiger partial charge in [-0.05, 0) is 30.8 Å². The lowest BCUT2D eigenvalue weighted by Gasteiger charge is -2.25. The Morgan fingerprint density at radius 3 is 1.88 bits per heavy atom. The van der Waals surface area contributed by atoms with Crippen molar-refractivity contribution >= 4 is 47.3 Å². The maximum absolute atomic E-state index is 12.8. The molecule has 14 heteroatoms. The van der Waals surface area contributed by atoms with Crippen LogP contribution < -0.4 is 27.4 Å². The maximum atomic E-state index is 12.8. The van der Waals surface area contributed by atoms with E-state index >= 15 is 0 Å². The van der Waals surface area contributed by atoms with Gasteiger partial charge in [-0.2, -0.15) is 11.8 Å². The van der Waals surface area contributed by atoms with Gasteiger partial charge in [0.15, 0.2) is 0 Å². The largest absolute Gasteiger partial charge is 0.481 e. The predicted molar refractivity (Wildman–Crippen MR) is 125 cm³/mol. The average molecular weight is 506 g/mol. The molecule has 34 heavy (non-hydrogen) atoms. The molecule has 0 aromatic carbocycles. The third-order valence-electron chi connectivity index (χ3n) is 5.10. The zero-order chi connectivity index (χ0) is 26.4. The van der Waals surface area contributed by atoms with Crippen molar-refractivity contribution in [1.29, 1.82) is 0 Å². The highest BCUT2D eigenvalue weighted by Gasteiger charge is 2.32. The number of hydrogen-bond donors (Lipinski definition) is 7. The van der Waals surface area contributed by atoms with E-state index in [4.69, 9.17) is 16.6 Å². The van der Waals surface area contributed by atoms with E-state index in [0.29, 0.717) is 12.2 Å². The van der Waals surface area contributed by atoms with Crippen molar-refractivity contribution in [2.24, 2.45) is 17.4 Å². The molecule has 0 saturated heterocycles. The highest BCUT2D eigenvalue weighted by atomic mass is 32.2. The summed E-state index contributed by atoms with van der Waals surface area (Å²) in [5, 5.41) is 25.2. The van der Waals surface area contributed by atoms with Gasteiger partial charge >= 0.3 is 11.9 Å². The predicted octanol–water partition coefficient (Wildman–Crippen LogP) is -1.61. The smallest absolute Gasteiger partial charge is 0.326 e. The minimum Gasteiger partial charge on any atom is -0.481 e. The Bertz CT molecular complexity index is 750. The van der Waals surface area contributed by atoms with E-state index in [2.05, 4.69) is 16.0 Å². The van der Waals surface area contributed by atoms with Crippen LogP contribution in [0.1, 0.15) is 46.0 Å². The van der Waals surface area contributed by atoms with Gasteiger partial charge in [0.2, 0.25) is 23.6 Å². The first kappa shape index (κ1) is 31.1. The van der Waals surface area contributed by atoms with E-state index in [9.17, 15) is 33.9 Å². The number of hydrogen-bond acceptors (Lipinski definition) is 8. The number of nitrogens with two attached hydrogens (primary N) is 2. The molecular weight excluding hydrogens is 470 g/mol. The van der Waals surface area contributed by atoms with Gasteiger partial charge in [0.1, 0.15) is 18.1 Å². The summed E-state index contributed by atoms with van der Waals surface area (Å²) < 4.78 is 0. The van der Waals surface area contributed by atoms with E-state index in [1.165, 1.54) is 11.8 Å². The molecule has 0 radical (unpaired) electrons. The molecule has 194 valence electrons. The van der Waals surface area contributed by atoms with Gasteiger partial charge in [-0.1, -0.05) is 20.3 Å². The number of primary amides is 1. The van der Waals surface area contributed by atoms with Gasteiger partial charge in [0.05, 0.1) is 12.5 Å². The van der Waals surface area contributed by atoms with Crippen molar-refractivity contribution in [3.63, 3.8) is 0 Å². The molecule has 0 aliphatic rings. The first-order valence-corrected chi connectivity index (χ1v) is 12.1. The fraction of sp³-hybridized carbons (Fsp3) is 0.700. The molecule has 0 heterocycles. The SMILES string of the molecule is CCC(C)C(N)C(=O)NC(CC(N)=O)C(=O)NC(CCC(=O)O)C(=O)NC(CCSC)C(=O)O. The Labute approximate surface area is 202 Å². The molecule has 13 nitrogen and oxygen atoms in total. The second-order valence-electron chi connectivity index (χ2n) is 7.82. The number of carboxylic acid groups (broad SMARTS) is 2. The van der Waals surface area contributed by atoms with Crippen LogP contribution in [0.3, 0.4) is 0 Å². The molecule has 0 fully saturated rings. The summed E-state index contributed by atoms with van der Waals surface area (Å²) in [6.45, 7) is 3.55. The van der Waals surface area contributed by atoms with Crippen molar-refractivity contribution in [3.05, 3.63) is 0 Å². The van der Waals surface area contributed by atoms with Crippen molar-refractivity contribution in [2.75, 3.05) is 12.0 Å². The molecule has 9 N–H and O–H groups in total. The van der Waals surface area contributed by atoms with Crippen molar-refractivity contribution in [3.8, 4) is 0 Å². The topological polar surface area (TPSA) is 231 Å². The van der Waals surface area contributed by atoms with E-state index in [1.807, 2.05) is 6.92 Å². The lowest BCUT2D eigenvalue weighted by atomic mass is 9.99. The molecule has 5 atom stereocenters. The Morgan fingerprint density at radius 1 is 0.882 bits per heavy atom. The molecule has 0 aromatic heterocycles. The fourth-order valence-corrected chi connectivity index (χ4v) is 3.24. The molecule has 0 saturated carbocycles. The quantitative estimate of drug-likeness (QED) is 0.119. The number of rotatable bonds is 17. The Morgan fingerprint density at radius 2 is 1.41 bits per heavy atom. The first-order valence-electron chi connectivity index (χ1n) is 10.7. The highest BCUT2D eigenvalue weighted by molar-refractivity contribution is 7.98. The molecule has 0 bridgehead atoms. The first-order chi connectivity index (χ1) is 15.8. The maximum Gasteiger partial charge on any atom is 0.326 e. The summed E-state index contributed by atoms with van der Waals surface area (Å²) in [5.74, 6) is -5.81.